The number of hydrogen-bond donors (Lipinski definition) is 1. The first-order valence-electron chi connectivity index (χ1n) is 8.50. The second kappa shape index (κ2) is 8.65. The second-order valence-electron chi connectivity index (χ2n) is 6.63. The molecule has 0 aromatic heterocycles. The van der Waals surface area contributed by atoms with E-state index in [4.69, 9.17) is 16.3 Å². The van der Waals surface area contributed by atoms with Crippen LogP contribution >= 0.6 is 11.6 Å². The molecule has 0 aliphatic carbocycles. The van der Waals surface area contributed by atoms with E-state index in [-0.39, 0.29) is 5.69 Å². The summed E-state index contributed by atoms with van der Waals surface area (Å²) in [6.45, 7) is 6.31. The van der Waals surface area contributed by atoms with Crippen LogP contribution in [0.5, 0.6) is 5.75 Å². The number of hydrogen-bond acceptors (Lipinski definition) is 2. The van der Waals surface area contributed by atoms with Crippen molar-refractivity contribution >= 4 is 23.2 Å². The van der Waals surface area contributed by atoms with E-state index in [1.54, 1.807) is 25.1 Å². The van der Waals surface area contributed by atoms with E-state index >= 15 is 0 Å². The maximum absolute atomic E-state index is 13.0. The lowest BCUT2D eigenvalue weighted by atomic mass is 10.1. The number of benzene rings is 2. The lowest BCUT2D eigenvalue weighted by molar-refractivity contribution is -0.137. The summed E-state index contributed by atoms with van der Waals surface area (Å²) >= 11 is 5.61. The molecule has 2 rings (SSSR count). The Bertz CT molecular complexity index is 819. The van der Waals surface area contributed by atoms with Gasteiger partial charge in [0.1, 0.15) is 5.75 Å². The molecule has 1 N–H and O–H groups in total. The molecule has 2 aromatic rings. The van der Waals surface area contributed by atoms with Crippen molar-refractivity contribution in [3.05, 3.63) is 58.1 Å². The maximum atomic E-state index is 13.0. The van der Waals surface area contributed by atoms with Crippen molar-refractivity contribution in [1.29, 1.82) is 0 Å². The third-order valence-electron chi connectivity index (χ3n) is 3.94. The van der Waals surface area contributed by atoms with Crippen molar-refractivity contribution in [1.82, 2.24) is 0 Å². The Balaban J connectivity index is 2.26. The molecule has 0 spiro atoms. The number of alkyl halides is 3. The number of nitrogens with one attached hydrogen (secondary N) is 1. The van der Waals surface area contributed by atoms with Gasteiger partial charge in [0, 0.05) is 5.69 Å². The molecule has 0 saturated carbocycles. The number of carbonyl (C=O) groups is 1. The second-order valence-corrected chi connectivity index (χ2v) is 7.03. The first-order valence-corrected chi connectivity index (χ1v) is 8.88. The van der Waals surface area contributed by atoms with E-state index in [1.165, 1.54) is 6.07 Å². The highest BCUT2D eigenvalue weighted by atomic mass is 35.5. The molecule has 0 radical (unpaired) electrons. The SMILES string of the molecule is Cc1cccc(OCCC(C)C)c1C(=O)Nc1ccc(Cl)c(C(F)(F)F)c1. The smallest absolute Gasteiger partial charge is 0.417 e. The zero-order valence-electron chi connectivity index (χ0n) is 15.3. The quantitative estimate of drug-likeness (QED) is 0.615. The van der Waals surface area contributed by atoms with Gasteiger partial charge in [-0.3, -0.25) is 4.79 Å². The molecule has 0 bridgehead atoms. The van der Waals surface area contributed by atoms with Crippen molar-refractivity contribution in [2.45, 2.75) is 33.4 Å². The van der Waals surface area contributed by atoms with Gasteiger partial charge in [-0.1, -0.05) is 37.6 Å². The molecule has 27 heavy (non-hydrogen) atoms. The lowest BCUT2D eigenvalue weighted by Crippen LogP contribution is -2.16. The van der Waals surface area contributed by atoms with Gasteiger partial charge in [-0.05, 0) is 49.1 Å². The van der Waals surface area contributed by atoms with Crippen molar-refractivity contribution < 1.29 is 22.7 Å². The van der Waals surface area contributed by atoms with Gasteiger partial charge in [0.2, 0.25) is 0 Å². The molecule has 0 heterocycles. The van der Waals surface area contributed by atoms with Gasteiger partial charge in [0.25, 0.3) is 5.91 Å². The van der Waals surface area contributed by atoms with Crippen LogP contribution in [-0.2, 0) is 6.18 Å². The number of amides is 1. The number of anilines is 1. The fourth-order valence-corrected chi connectivity index (χ4v) is 2.70. The summed E-state index contributed by atoms with van der Waals surface area (Å²) in [4.78, 5) is 12.7. The predicted octanol–water partition coefficient (Wildman–Crippen LogP) is 6.34. The average Bonchev–Trinajstić information content (AvgIpc) is 2.55. The molecule has 0 fully saturated rings. The molecule has 7 heteroatoms. The van der Waals surface area contributed by atoms with E-state index < -0.39 is 22.7 Å². The number of carbonyl (C=O) groups excluding carboxylic acids is 1. The minimum atomic E-state index is -4.61. The zero-order valence-corrected chi connectivity index (χ0v) is 16.0. The maximum Gasteiger partial charge on any atom is 0.417 e. The van der Waals surface area contributed by atoms with E-state index in [0.717, 1.165) is 18.6 Å². The van der Waals surface area contributed by atoms with Gasteiger partial charge >= 0.3 is 6.18 Å². The number of ether oxygens (including phenoxy) is 1. The van der Waals surface area contributed by atoms with E-state index in [1.807, 2.05) is 0 Å². The van der Waals surface area contributed by atoms with Crippen LogP contribution < -0.4 is 10.1 Å². The van der Waals surface area contributed by atoms with Gasteiger partial charge < -0.3 is 10.1 Å². The Hall–Kier alpha value is -2.21. The number of halogens is 4. The van der Waals surface area contributed by atoms with Crippen LogP contribution in [0.4, 0.5) is 18.9 Å². The third-order valence-corrected chi connectivity index (χ3v) is 4.27. The molecule has 146 valence electrons. The van der Waals surface area contributed by atoms with Crippen LogP contribution in [0.15, 0.2) is 36.4 Å². The first kappa shape index (κ1) is 21.1. The van der Waals surface area contributed by atoms with Crippen molar-refractivity contribution in [2.75, 3.05) is 11.9 Å². The highest BCUT2D eigenvalue weighted by Gasteiger charge is 2.33. The Kier molecular flexibility index (Phi) is 6.76. The molecule has 0 aliphatic rings. The summed E-state index contributed by atoms with van der Waals surface area (Å²) < 4.78 is 44.7. The Morgan fingerprint density at radius 3 is 2.56 bits per heavy atom. The van der Waals surface area contributed by atoms with Gasteiger partial charge in [0.15, 0.2) is 0 Å². The zero-order chi connectivity index (χ0) is 20.2. The van der Waals surface area contributed by atoms with Gasteiger partial charge in [-0.25, -0.2) is 0 Å². The summed E-state index contributed by atoms with van der Waals surface area (Å²) in [6, 6.07) is 8.43. The van der Waals surface area contributed by atoms with Gasteiger partial charge in [-0.2, -0.15) is 13.2 Å². The van der Waals surface area contributed by atoms with Crippen LogP contribution in [0.3, 0.4) is 0 Å². The highest BCUT2D eigenvalue weighted by molar-refractivity contribution is 6.31. The summed E-state index contributed by atoms with van der Waals surface area (Å²) in [5.41, 5.74) is -0.0300. The van der Waals surface area contributed by atoms with E-state index in [0.29, 0.717) is 29.4 Å². The summed E-state index contributed by atoms with van der Waals surface area (Å²) in [5.74, 6) is 0.309. The molecular weight excluding hydrogens is 379 g/mol. The molecule has 3 nitrogen and oxygen atoms in total. The number of rotatable bonds is 6. The Morgan fingerprint density at radius 1 is 1.22 bits per heavy atom. The predicted molar refractivity (Wildman–Crippen MR) is 101 cm³/mol. The number of aryl methyl sites for hydroxylation is 1. The molecule has 1 amide bonds. The first-order chi connectivity index (χ1) is 12.6. The van der Waals surface area contributed by atoms with Crippen LogP contribution in [0.2, 0.25) is 5.02 Å². The minimum Gasteiger partial charge on any atom is -0.493 e. The van der Waals surface area contributed by atoms with E-state index in [2.05, 4.69) is 19.2 Å². The topological polar surface area (TPSA) is 38.3 Å². The summed E-state index contributed by atoms with van der Waals surface area (Å²) in [5, 5.41) is 2.08. The summed E-state index contributed by atoms with van der Waals surface area (Å²) in [6.07, 6.45) is -3.78. The minimum absolute atomic E-state index is 0.00751. The fourth-order valence-electron chi connectivity index (χ4n) is 2.47. The van der Waals surface area contributed by atoms with Crippen LogP contribution in [0.1, 0.15) is 41.8 Å². The van der Waals surface area contributed by atoms with Crippen molar-refractivity contribution in [2.24, 2.45) is 5.92 Å². The molecule has 2 aromatic carbocycles. The molecule has 0 atom stereocenters. The average molecular weight is 400 g/mol. The normalized spacial score (nSPS) is 11.6. The van der Waals surface area contributed by atoms with Crippen LogP contribution in [0, 0.1) is 12.8 Å². The Morgan fingerprint density at radius 2 is 1.93 bits per heavy atom. The van der Waals surface area contributed by atoms with Gasteiger partial charge in [0.05, 0.1) is 22.8 Å². The fraction of sp³-hybridized carbons (Fsp3) is 0.350. The lowest BCUT2D eigenvalue weighted by Gasteiger charge is -2.16. The largest absolute Gasteiger partial charge is 0.493 e. The van der Waals surface area contributed by atoms with Crippen molar-refractivity contribution in [3.63, 3.8) is 0 Å². The Labute approximate surface area is 161 Å². The summed E-state index contributed by atoms with van der Waals surface area (Å²) in [7, 11) is 0. The molecule has 0 aliphatic heterocycles. The van der Waals surface area contributed by atoms with Crippen molar-refractivity contribution in [3.8, 4) is 5.75 Å². The van der Waals surface area contributed by atoms with Crippen LogP contribution in [0.25, 0.3) is 0 Å². The molecular formula is C20H21ClF3NO2. The highest BCUT2D eigenvalue weighted by Crippen LogP contribution is 2.36. The van der Waals surface area contributed by atoms with Gasteiger partial charge in [-0.15, -0.1) is 0 Å². The molecule has 0 unspecified atom stereocenters. The molecule has 0 saturated heterocycles. The monoisotopic (exact) mass is 399 g/mol. The van der Waals surface area contributed by atoms with Crippen LogP contribution in [-0.4, -0.2) is 12.5 Å². The van der Waals surface area contributed by atoms with E-state index in [9.17, 15) is 18.0 Å². The standard InChI is InChI=1S/C20H21ClF3NO2/c1-12(2)9-10-27-17-6-4-5-13(3)18(17)19(26)25-14-7-8-16(21)15(11-14)20(22,23)24/h4-8,11-12H,9-10H2,1-3H3,(H,25,26). The third kappa shape index (κ3) is 5.63.